The molecule has 0 aliphatic rings. The first-order valence-electron chi connectivity index (χ1n) is 3.52. The number of primary amides is 1. The fourth-order valence-corrected chi connectivity index (χ4v) is 0.872. The Labute approximate surface area is 65.0 Å². The van der Waals surface area contributed by atoms with Gasteiger partial charge in [0.15, 0.2) is 0 Å². The van der Waals surface area contributed by atoms with Crippen molar-refractivity contribution in [3.8, 4) is 0 Å². The number of nitrogens with zero attached hydrogens (tertiary/aromatic N) is 2. The molecule has 4 heteroatoms. The molecule has 0 fully saturated rings. The molecule has 0 saturated carbocycles. The highest BCUT2D eigenvalue weighted by Crippen LogP contribution is 1.97. The third kappa shape index (κ3) is 2.07. The highest BCUT2D eigenvalue weighted by Gasteiger charge is 1.99. The van der Waals surface area contributed by atoms with Crippen LogP contribution in [0.5, 0.6) is 0 Å². The Hall–Kier alpha value is -1.32. The number of hydrogen-bond donors (Lipinski definition) is 1. The second-order valence-electron chi connectivity index (χ2n) is 2.35. The van der Waals surface area contributed by atoms with Gasteiger partial charge in [-0.2, -0.15) is 5.10 Å². The molecule has 60 valence electrons. The van der Waals surface area contributed by atoms with Crippen molar-refractivity contribution in [2.45, 2.75) is 19.9 Å². The van der Waals surface area contributed by atoms with E-state index in [4.69, 9.17) is 5.73 Å². The van der Waals surface area contributed by atoms with Crippen LogP contribution in [0.4, 0.5) is 0 Å². The van der Waals surface area contributed by atoms with Crippen LogP contribution in [-0.2, 0) is 17.8 Å². The Bertz CT molecular complexity index is 254. The van der Waals surface area contributed by atoms with Crippen molar-refractivity contribution in [2.24, 2.45) is 5.73 Å². The van der Waals surface area contributed by atoms with Crippen LogP contribution in [0.1, 0.15) is 12.5 Å². The molecule has 1 aromatic heterocycles. The highest BCUT2D eigenvalue weighted by atomic mass is 16.1. The number of aryl methyl sites for hydroxylation is 1. The molecule has 0 aliphatic carbocycles. The molecule has 0 radical (unpaired) electrons. The molecule has 0 spiro atoms. The normalized spacial score (nSPS) is 9.91. The maximum absolute atomic E-state index is 10.5. The molecule has 4 nitrogen and oxygen atoms in total. The zero-order chi connectivity index (χ0) is 8.27. The van der Waals surface area contributed by atoms with Crippen LogP contribution in [0.2, 0.25) is 0 Å². The summed E-state index contributed by atoms with van der Waals surface area (Å²) < 4.78 is 1.76. The van der Waals surface area contributed by atoms with Gasteiger partial charge < -0.3 is 5.73 Å². The van der Waals surface area contributed by atoms with E-state index >= 15 is 0 Å². The number of rotatable bonds is 3. The fourth-order valence-electron chi connectivity index (χ4n) is 0.872. The maximum Gasteiger partial charge on any atom is 0.221 e. The Morgan fingerprint density at radius 2 is 2.55 bits per heavy atom. The minimum absolute atomic E-state index is 0.278. The fraction of sp³-hybridized carbons (Fsp3) is 0.429. The van der Waals surface area contributed by atoms with Crippen LogP contribution >= 0.6 is 0 Å². The molecule has 0 aliphatic heterocycles. The number of amides is 1. The lowest BCUT2D eigenvalue weighted by Gasteiger charge is -1.90. The van der Waals surface area contributed by atoms with E-state index in [0.717, 1.165) is 12.1 Å². The zero-order valence-electron chi connectivity index (χ0n) is 6.45. The first-order valence-corrected chi connectivity index (χ1v) is 3.52. The molecule has 0 unspecified atom stereocenters. The van der Waals surface area contributed by atoms with Crippen LogP contribution in [0, 0.1) is 0 Å². The van der Waals surface area contributed by atoms with E-state index in [1.54, 1.807) is 10.9 Å². The van der Waals surface area contributed by atoms with Gasteiger partial charge in [-0.1, -0.05) is 0 Å². The highest BCUT2D eigenvalue weighted by molar-refractivity contribution is 5.76. The SMILES string of the molecule is CCn1cc(CC(N)=O)cn1. The van der Waals surface area contributed by atoms with Gasteiger partial charge in [-0.05, 0) is 12.5 Å². The van der Waals surface area contributed by atoms with Gasteiger partial charge in [-0.3, -0.25) is 9.48 Å². The molecule has 0 bridgehead atoms. The number of aromatic nitrogens is 2. The van der Waals surface area contributed by atoms with E-state index in [1.807, 2.05) is 13.1 Å². The molecule has 2 N–H and O–H groups in total. The first kappa shape index (κ1) is 7.78. The third-order valence-electron chi connectivity index (χ3n) is 1.39. The lowest BCUT2D eigenvalue weighted by atomic mass is 10.2. The first-order chi connectivity index (χ1) is 5.22. The van der Waals surface area contributed by atoms with Crippen molar-refractivity contribution in [1.29, 1.82) is 0 Å². The summed E-state index contributed by atoms with van der Waals surface area (Å²) in [6, 6.07) is 0. The predicted molar refractivity (Wildman–Crippen MR) is 40.8 cm³/mol. The largest absolute Gasteiger partial charge is 0.369 e. The molecule has 1 rings (SSSR count). The van der Waals surface area contributed by atoms with Crippen molar-refractivity contribution in [2.75, 3.05) is 0 Å². The molecular formula is C7H11N3O. The third-order valence-corrected chi connectivity index (χ3v) is 1.39. The van der Waals surface area contributed by atoms with E-state index in [9.17, 15) is 4.79 Å². The Kier molecular flexibility index (Phi) is 2.25. The monoisotopic (exact) mass is 153 g/mol. The topological polar surface area (TPSA) is 60.9 Å². The number of carbonyl (C=O) groups is 1. The quantitative estimate of drug-likeness (QED) is 0.660. The molecular weight excluding hydrogens is 142 g/mol. The Morgan fingerprint density at radius 3 is 3.00 bits per heavy atom. The molecule has 0 aromatic carbocycles. The summed E-state index contributed by atoms with van der Waals surface area (Å²) in [5.41, 5.74) is 5.87. The summed E-state index contributed by atoms with van der Waals surface area (Å²) in [7, 11) is 0. The molecule has 1 heterocycles. The predicted octanol–water partition coefficient (Wildman–Crippen LogP) is -0.0692. The van der Waals surface area contributed by atoms with E-state index in [1.165, 1.54) is 0 Å². The Morgan fingerprint density at radius 1 is 1.82 bits per heavy atom. The standard InChI is InChI=1S/C7H11N3O/c1-2-10-5-6(4-9-10)3-7(8)11/h4-5H,2-3H2,1H3,(H2,8,11). The van der Waals surface area contributed by atoms with Gasteiger partial charge in [0.25, 0.3) is 0 Å². The van der Waals surface area contributed by atoms with E-state index < -0.39 is 0 Å². The second kappa shape index (κ2) is 3.18. The molecule has 11 heavy (non-hydrogen) atoms. The van der Waals surface area contributed by atoms with E-state index in [2.05, 4.69) is 5.10 Å². The number of nitrogens with two attached hydrogens (primary N) is 1. The van der Waals surface area contributed by atoms with Gasteiger partial charge >= 0.3 is 0 Å². The van der Waals surface area contributed by atoms with Crippen LogP contribution in [0.15, 0.2) is 12.4 Å². The van der Waals surface area contributed by atoms with Crippen LogP contribution in [0.25, 0.3) is 0 Å². The van der Waals surface area contributed by atoms with Crippen LogP contribution in [-0.4, -0.2) is 15.7 Å². The van der Waals surface area contributed by atoms with Crippen molar-refractivity contribution in [1.82, 2.24) is 9.78 Å². The lowest BCUT2D eigenvalue weighted by molar-refractivity contribution is -0.117. The molecule has 0 atom stereocenters. The Balaban J connectivity index is 2.65. The summed E-state index contributed by atoms with van der Waals surface area (Å²) >= 11 is 0. The number of hydrogen-bond acceptors (Lipinski definition) is 2. The summed E-state index contributed by atoms with van der Waals surface area (Å²) in [6.45, 7) is 2.81. The molecule has 1 aromatic rings. The van der Waals surface area contributed by atoms with E-state index in [-0.39, 0.29) is 12.3 Å². The van der Waals surface area contributed by atoms with Gasteiger partial charge in [0.05, 0.1) is 12.6 Å². The minimum atomic E-state index is -0.319. The zero-order valence-corrected chi connectivity index (χ0v) is 6.45. The van der Waals surface area contributed by atoms with Crippen molar-refractivity contribution >= 4 is 5.91 Å². The summed E-state index contributed by atoms with van der Waals surface area (Å²) in [4.78, 5) is 10.5. The summed E-state index contributed by atoms with van der Waals surface area (Å²) in [5, 5.41) is 4.00. The second-order valence-corrected chi connectivity index (χ2v) is 2.35. The summed E-state index contributed by atoms with van der Waals surface area (Å²) in [6.07, 6.45) is 3.76. The van der Waals surface area contributed by atoms with Gasteiger partial charge in [0.2, 0.25) is 5.91 Å². The van der Waals surface area contributed by atoms with Crippen LogP contribution in [0.3, 0.4) is 0 Å². The maximum atomic E-state index is 10.5. The van der Waals surface area contributed by atoms with Gasteiger partial charge in [0, 0.05) is 12.7 Å². The van der Waals surface area contributed by atoms with Gasteiger partial charge in [-0.25, -0.2) is 0 Å². The average Bonchev–Trinajstić information content (AvgIpc) is 2.34. The molecule has 0 saturated heterocycles. The van der Waals surface area contributed by atoms with Gasteiger partial charge in [-0.15, -0.1) is 0 Å². The van der Waals surface area contributed by atoms with Crippen molar-refractivity contribution in [3.63, 3.8) is 0 Å². The van der Waals surface area contributed by atoms with Crippen LogP contribution < -0.4 is 5.73 Å². The van der Waals surface area contributed by atoms with Crippen molar-refractivity contribution < 1.29 is 4.79 Å². The number of carbonyl (C=O) groups excluding carboxylic acids is 1. The minimum Gasteiger partial charge on any atom is -0.369 e. The van der Waals surface area contributed by atoms with Crippen molar-refractivity contribution in [3.05, 3.63) is 18.0 Å². The molecule has 1 amide bonds. The summed E-state index contributed by atoms with van der Waals surface area (Å²) in [5.74, 6) is -0.319. The van der Waals surface area contributed by atoms with E-state index in [0.29, 0.717) is 0 Å². The van der Waals surface area contributed by atoms with Gasteiger partial charge in [0.1, 0.15) is 0 Å². The smallest absolute Gasteiger partial charge is 0.221 e. The lowest BCUT2D eigenvalue weighted by Crippen LogP contribution is -2.13. The average molecular weight is 153 g/mol.